The van der Waals surface area contributed by atoms with Gasteiger partial charge in [0, 0.05) is 12.8 Å². The molecule has 0 aromatic carbocycles. The zero-order valence-corrected chi connectivity index (χ0v) is 12.3. The maximum Gasteiger partial charge on any atom is 0.372 e. The molecule has 0 aromatic heterocycles. The van der Waals surface area contributed by atoms with Crippen LogP contribution >= 0.6 is 0 Å². The average Bonchev–Trinajstić information content (AvgIpc) is 2.16. The molecule has 0 amide bonds. The summed E-state index contributed by atoms with van der Waals surface area (Å²) in [7, 11) is -6.97. The standard InChI is InChI=1S/C10H18F2N2OSi2/c1-16(11,9-5-3-7-13)15-17(2,12)10-6-4-8-14/h3-6,9-10H2,1-2H3. The molecule has 0 rings (SSSR count). The Morgan fingerprint density at radius 3 is 1.59 bits per heavy atom. The van der Waals surface area contributed by atoms with Gasteiger partial charge in [-0.2, -0.15) is 10.5 Å². The first-order valence-electron chi connectivity index (χ1n) is 5.65. The van der Waals surface area contributed by atoms with Crippen molar-refractivity contribution in [3.05, 3.63) is 0 Å². The van der Waals surface area contributed by atoms with E-state index in [1.165, 1.54) is 13.1 Å². The van der Waals surface area contributed by atoms with Crippen molar-refractivity contribution in [2.75, 3.05) is 0 Å². The van der Waals surface area contributed by atoms with Gasteiger partial charge in [0.2, 0.25) is 0 Å². The summed E-state index contributed by atoms with van der Waals surface area (Å²) in [4.78, 5) is 0. The van der Waals surface area contributed by atoms with Crippen LogP contribution in [0, 0.1) is 22.7 Å². The zero-order chi connectivity index (χ0) is 13.4. The molecule has 0 fully saturated rings. The molecular weight excluding hydrogens is 258 g/mol. The summed E-state index contributed by atoms with van der Waals surface area (Å²) < 4.78 is 33.0. The number of unbranched alkanes of at least 4 members (excludes halogenated alkanes) is 2. The molecule has 0 radical (unpaired) electrons. The molecule has 3 nitrogen and oxygen atoms in total. The Morgan fingerprint density at radius 2 is 1.29 bits per heavy atom. The van der Waals surface area contributed by atoms with Crippen LogP contribution in [0.4, 0.5) is 8.22 Å². The quantitative estimate of drug-likeness (QED) is 0.386. The fourth-order valence-corrected chi connectivity index (χ4v) is 7.50. The van der Waals surface area contributed by atoms with Crippen LogP contribution in [0.3, 0.4) is 0 Å². The highest BCUT2D eigenvalue weighted by atomic mass is 28.5. The van der Waals surface area contributed by atoms with Gasteiger partial charge in [-0.3, -0.25) is 8.22 Å². The van der Waals surface area contributed by atoms with E-state index >= 15 is 0 Å². The van der Waals surface area contributed by atoms with Gasteiger partial charge in [-0.15, -0.1) is 0 Å². The molecule has 2 atom stereocenters. The number of nitriles is 2. The second-order valence-electron chi connectivity index (χ2n) is 4.33. The van der Waals surface area contributed by atoms with E-state index in [0.717, 1.165) is 0 Å². The van der Waals surface area contributed by atoms with E-state index in [-0.39, 0.29) is 24.9 Å². The van der Waals surface area contributed by atoms with Gasteiger partial charge >= 0.3 is 17.3 Å². The van der Waals surface area contributed by atoms with E-state index in [1.807, 2.05) is 12.1 Å². The van der Waals surface area contributed by atoms with E-state index in [0.29, 0.717) is 12.8 Å². The number of hydrogen-bond acceptors (Lipinski definition) is 3. The largest absolute Gasteiger partial charge is 0.409 e. The highest BCUT2D eigenvalue weighted by Gasteiger charge is 2.41. The lowest BCUT2D eigenvalue weighted by molar-refractivity contribution is 0.400. The van der Waals surface area contributed by atoms with Crippen LogP contribution in [0.25, 0.3) is 0 Å². The Labute approximate surface area is 104 Å². The summed E-state index contributed by atoms with van der Waals surface area (Å²) in [6, 6.07) is 4.17. The van der Waals surface area contributed by atoms with Crippen molar-refractivity contribution in [1.29, 1.82) is 10.5 Å². The van der Waals surface area contributed by atoms with Crippen molar-refractivity contribution in [3.8, 4) is 12.1 Å². The van der Waals surface area contributed by atoms with Gasteiger partial charge in [0.05, 0.1) is 12.1 Å². The van der Waals surface area contributed by atoms with E-state index in [2.05, 4.69) is 0 Å². The molecule has 0 aliphatic carbocycles. The Balaban J connectivity index is 4.09. The summed E-state index contributed by atoms with van der Waals surface area (Å²) in [6.07, 6.45) is 1.38. The predicted octanol–water partition coefficient (Wildman–Crippen LogP) is 3.69. The minimum Gasteiger partial charge on any atom is -0.409 e. The highest BCUT2D eigenvalue weighted by Crippen LogP contribution is 2.26. The Hall–Kier alpha value is -0.766. The van der Waals surface area contributed by atoms with Gasteiger partial charge in [-0.05, 0) is 38.0 Å². The smallest absolute Gasteiger partial charge is 0.372 e. The van der Waals surface area contributed by atoms with Crippen molar-refractivity contribution >= 4 is 17.3 Å². The van der Waals surface area contributed by atoms with Gasteiger partial charge in [-0.25, -0.2) is 0 Å². The summed E-state index contributed by atoms with van der Waals surface area (Å²) in [5.74, 6) is 0. The normalized spacial score (nSPS) is 17.5. The topological polar surface area (TPSA) is 56.8 Å². The third kappa shape index (κ3) is 8.98. The first-order valence-corrected chi connectivity index (χ1v) is 10.6. The lowest BCUT2D eigenvalue weighted by atomic mass is 10.4. The monoisotopic (exact) mass is 276 g/mol. The van der Waals surface area contributed by atoms with Crippen LogP contribution < -0.4 is 0 Å². The van der Waals surface area contributed by atoms with Crippen LogP contribution in [0.2, 0.25) is 25.2 Å². The van der Waals surface area contributed by atoms with Crippen molar-refractivity contribution in [3.63, 3.8) is 0 Å². The minimum atomic E-state index is -3.48. The van der Waals surface area contributed by atoms with E-state index in [9.17, 15) is 8.22 Å². The number of hydrogen-bond donors (Lipinski definition) is 0. The molecule has 96 valence electrons. The van der Waals surface area contributed by atoms with Gasteiger partial charge in [0.1, 0.15) is 0 Å². The summed E-state index contributed by atoms with van der Waals surface area (Å²) in [5, 5.41) is 16.7. The third-order valence-electron chi connectivity index (χ3n) is 2.25. The van der Waals surface area contributed by atoms with Crippen LogP contribution in [0.5, 0.6) is 0 Å². The van der Waals surface area contributed by atoms with Crippen LogP contribution in [0.15, 0.2) is 0 Å². The lowest BCUT2D eigenvalue weighted by Crippen LogP contribution is -2.42. The number of rotatable bonds is 8. The maximum atomic E-state index is 14.0. The highest BCUT2D eigenvalue weighted by molar-refractivity contribution is 6.79. The molecule has 0 heterocycles. The SMILES string of the molecule is C[Si](F)(CCCC#N)O[Si](C)(F)CCCC#N. The van der Waals surface area contributed by atoms with Gasteiger partial charge in [-0.1, -0.05) is 0 Å². The van der Waals surface area contributed by atoms with Crippen LogP contribution in [0.1, 0.15) is 25.7 Å². The molecule has 0 saturated carbocycles. The van der Waals surface area contributed by atoms with Gasteiger partial charge in [0.15, 0.2) is 0 Å². The first kappa shape index (κ1) is 16.2. The molecule has 0 bridgehead atoms. The first-order chi connectivity index (χ1) is 7.83. The molecular formula is C10H18F2N2OSi2. The molecule has 0 N–H and O–H groups in total. The second-order valence-corrected chi connectivity index (χ2v) is 10.6. The van der Waals surface area contributed by atoms with Crippen LogP contribution in [-0.2, 0) is 4.12 Å². The Kier molecular flexibility index (Phi) is 7.20. The van der Waals surface area contributed by atoms with E-state index in [4.69, 9.17) is 14.6 Å². The number of halogens is 2. The van der Waals surface area contributed by atoms with Crippen molar-refractivity contribution in [2.45, 2.75) is 50.9 Å². The molecule has 0 spiro atoms. The average molecular weight is 276 g/mol. The van der Waals surface area contributed by atoms with Gasteiger partial charge < -0.3 is 4.12 Å². The summed E-state index contributed by atoms with van der Waals surface area (Å²) in [6.45, 7) is 2.67. The molecule has 0 aliphatic heterocycles. The summed E-state index contributed by atoms with van der Waals surface area (Å²) in [5.41, 5.74) is 0. The fourth-order valence-electron chi connectivity index (χ4n) is 1.51. The maximum absolute atomic E-state index is 14.0. The fraction of sp³-hybridized carbons (Fsp3) is 0.800. The minimum absolute atomic E-state index is 0.158. The lowest BCUT2D eigenvalue weighted by Gasteiger charge is -2.26. The molecule has 2 unspecified atom stereocenters. The summed E-state index contributed by atoms with van der Waals surface area (Å²) >= 11 is 0. The zero-order valence-electron chi connectivity index (χ0n) is 10.3. The van der Waals surface area contributed by atoms with Crippen molar-refractivity contribution < 1.29 is 12.3 Å². The molecule has 0 aliphatic rings. The molecule has 17 heavy (non-hydrogen) atoms. The second kappa shape index (κ2) is 7.54. The Bertz CT molecular complexity index is 280. The predicted molar refractivity (Wildman–Crippen MR) is 65.8 cm³/mol. The molecule has 0 aromatic rings. The third-order valence-corrected chi connectivity index (χ3v) is 8.15. The van der Waals surface area contributed by atoms with Crippen LogP contribution in [-0.4, -0.2) is 17.3 Å². The number of nitrogens with zero attached hydrogens (tertiary/aromatic N) is 2. The van der Waals surface area contributed by atoms with Crippen molar-refractivity contribution in [2.24, 2.45) is 0 Å². The van der Waals surface area contributed by atoms with Gasteiger partial charge in [0.25, 0.3) is 0 Å². The van der Waals surface area contributed by atoms with Crippen molar-refractivity contribution in [1.82, 2.24) is 0 Å². The van der Waals surface area contributed by atoms with E-state index in [1.54, 1.807) is 0 Å². The Morgan fingerprint density at radius 1 is 0.941 bits per heavy atom. The molecule has 7 heteroatoms. The van der Waals surface area contributed by atoms with E-state index < -0.39 is 17.3 Å². The molecule has 0 saturated heterocycles.